The van der Waals surface area contributed by atoms with Crippen LogP contribution in [0.1, 0.15) is 84.8 Å². The number of imidazole rings is 1. The highest BCUT2D eigenvalue weighted by molar-refractivity contribution is 7.13. The second kappa shape index (κ2) is 31.2. The summed E-state index contributed by atoms with van der Waals surface area (Å²) in [4.78, 5) is 61.0. The van der Waals surface area contributed by atoms with E-state index in [1.165, 1.54) is 10.4 Å². The number of nitrogens with one attached hydrogen (secondary N) is 2. The number of amides is 2. The molecule has 4 aromatic heterocycles. The first kappa shape index (κ1) is 61.6. The van der Waals surface area contributed by atoms with Crippen molar-refractivity contribution in [3.8, 4) is 27.4 Å². The van der Waals surface area contributed by atoms with Gasteiger partial charge in [0.15, 0.2) is 5.65 Å². The minimum Gasteiger partial charge on any atom is -0.384 e. The molecule has 2 amide bonds. The Kier molecular flexibility index (Phi) is 25.0. The number of likely N-dealkylation sites (tertiary alicyclic amines) is 1. The van der Waals surface area contributed by atoms with Crippen molar-refractivity contribution in [3.05, 3.63) is 101 Å². The number of halogens is 1. The van der Waals surface area contributed by atoms with E-state index in [0.29, 0.717) is 81.3 Å². The summed E-state index contributed by atoms with van der Waals surface area (Å²) in [6.45, 7) is 25.6. The molecule has 0 bridgehead atoms. The van der Waals surface area contributed by atoms with Crippen molar-refractivity contribution in [2.75, 3.05) is 96.6 Å². The number of pyridine rings is 2. The first-order valence-corrected chi connectivity index (χ1v) is 27.9. The highest BCUT2D eigenvalue weighted by Crippen LogP contribution is 2.30. The lowest BCUT2D eigenvalue weighted by Crippen LogP contribution is -2.47. The van der Waals surface area contributed by atoms with Crippen LogP contribution in [0.5, 0.6) is 0 Å². The number of carbonyl (C=O) groups excluding carboxylic acids is 3. The monoisotopic (exact) mass is 1080 g/mol. The van der Waals surface area contributed by atoms with Crippen LogP contribution in [-0.2, 0) is 35.1 Å². The van der Waals surface area contributed by atoms with Gasteiger partial charge in [-0.3, -0.25) is 24.0 Å². The van der Waals surface area contributed by atoms with Crippen LogP contribution in [-0.4, -0.2) is 150 Å². The number of rotatable bonds is 21. The predicted molar refractivity (Wildman–Crippen MR) is 307 cm³/mol. The number of nitrogens with two attached hydrogens (primary N) is 1. The number of aromatic nitrogens is 5. The number of aryl methyl sites for hydroxylation is 2. The Bertz CT molecular complexity index is 2760. The van der Waals surface area contributed by atoms with Gasteiger partial charge in [0.25, 0.3) is 0 Å². The Labute approximate surface area is 459 Å². The highest BCUT2D eigenvalue weighted by Gasteiger charge is 2.28. The first-order chi connectivity index (χ1) is 37.2. The molecular weight excluding hydrogens is 998 g/mol. The molecule has 17 nitrogen and oxygen atoms in total. The Balaban J connectivity index is 0.000000348. The van der Waals surface area contributed by atoms with Crippen LogP contribution in [0.3, 0.4) is 0 Å². The van der Waals surface area contributed by atoms with E-state index in [9.17, 15) is 14.4 Å². The van der Waals surface area contributed by atoms with Gasteiger partial charge in [-0.15, -0.1) is 11.3 Å². The lowest BCUT2D eigenvalue weighted by Gasteiger charge is -2.36. The number of hydrogen-bond donors (Lipinski definition) is 3. The number of ether oxygens (including phenoxy) is 3. The van der Waals surface area contributed by atoms with Gasteiger partial charge in [-0.05, 0) is 93.2 Å². The molecule has 0 spiro atoms. The molecule has 0 radical (unpaired) electrons. The Morgan fingerprint density at radius 1 is 0.844 bits per heavy atom. The molecule has 0 aliphatic carbocycles. The van der Waals surface area contributed by atoms with Gasteiger partial charge in [0.2, 0.25) is 11.8 Å². The summed E-state index contributed by atoms with van der Waals surface area (Å²) in [5, 5.41) is 5.77. The zero-order chi connectivity index (χ0) is 55.9. The van der Waals surface area contributed by atoms with Crippen molar-refractivity contribution in [1.82, 2.24) is 44.9 Å². The average Bonchev–Trinajstić information content (AvgIpc) is 4.17. The van der Waals surface area contributed by atoms with Crippen molar-refractivity contribution >= 4 is 52.1 Å². The summed E-state index contributed by atoms with van der Waals surface area (Å²) in [7, 11) is 2.02. The minimum absolute atomic E-state index is 0.0408. The lowest BCUT2D eigenvalue weighted by atomic mass is 9.87. The second-order valence-corrected chi connectivity index (χ2v) is 20.3. The molecule has 6 aromatic rings. The van der Waals surface area contributed by atoms with Crippen LogP contribution in [0.4, 0.5) is 15.9 Å². The summed E-state index contributed by atoms with van der Waals surface area (Å²) < 4.78 is 34.2. The molecular formula is C58H82FN11O6S. The van der Waals surface area contributed by atoms with Gasteiger partial charge in [-0.1, -0.05) is 72.7 Å². The first-order valence-electron chi connectivity index (χ1n) is 27.0. The number of aldehydes is 1. The van der Waals surface area contributed by atoms with Crippen LogP contribution >= 0.6 is 11.3 Å². The molecule has 4 N–H and O–H groups in total. The topological polar surface area (TPSA) is 195 Å². The standard InChI is InChI=1S/C37H49FN8O5.C17H21N3OS.2C2H6/c1-26-41-31-7-6-30(27-9-11-40-34(39)23-27)42-36(31)46(26)28-5-8-32(29(38)24-28)45-14-12-44(13-15-45)16-18-50-20-22-51-21-19-49-17-10-35(48)43-33(25-47)37(2,3)4;1-12-16(22-11-19-12)14-7-5-13(6-8-14)10-18-17(21)15-4-3-9-20(15)2;2*1-2/h5-9,11,23-25,33H,10,12-22H2,1-4H3,(H2,39,40)(H,43,48);5-8,11,15H,3-4,9-10H2,1-2H3,(H,18,21);2*1-2H3. The summed E-state index contributed by atoms with van der Waals surface area (Å²) in [6.07, 6.45) is 4.67. The SMILES string of the molecule is CC.CC.Cc1nc2ccc(-c3ccnc(N)c3)nc2n1-c1ccc(N2CCN(CCOCCOCCOCCC(=O)NC(C=O)C(C)(C)C)CC2)c(F)c1.Cc1ncsc1-c1ccc(CNC(=O)C2CCCN2C)cc1. The average molecular weight is 1080 g/mol. The number of fused-ring (bicyclic) bond motifs is 1. The largest absolute Gasteiger partial charge is 0.384 e. The third kappa shape index (κ3) is 18.2. The quantitative estimate of drug-likeness (QED) is 0.0458. The van der Waals surface area contributed by atoms with E-state index >= 15 is 4.39 Å². The van der Waals surface area contributed by atoms with Crippen LogP contribution in [0.25, 0.3) is 38.5 Å². The summed E-state index contributed by atoms with van der Waals surface area (Å²) in [6, 6.07) is 20.6. The number of piperazine rings is 1. The molecule has 0 saturated carbocycles. The predicted octanol–water partition coefficient (Wildman–Crippen LogP) is 8.69. The Morgan fingerprint density at radius 2 is 1.53 bits per heavy atom. The molecule has 2 saturated heterocycles. The van der Waals surface area contributed by atoms with Gasteiger partial charge in [0.05, 0.1) is 84.9 Å². The number of anilines is 2. The van der Waals surface area contributed by atoms with E-state index in [4.69, 9.17) is 24.9 Å². The van der Waals surface area contributed by atoms with Gasteiger partial charge in [-0.25, -0.2) is 24.3 Å². The molecule has 2 fully saturated rings. The number of carbonyl (C=O) groups is 3. The molecule has 6 heterocycles. The molecule has 2 aliphatic rings. The van der Waals surface area contributed by atoms with E-state index in [-0.39, 0.29) is 42.1 Å². The van der Waals surface area contributed by atoms with Gasteiger partial charge < -0.3 is 40.3 Å². The van der Waals surface area contributed by atoms with Gasteiger partial charge in [-0.2, -0.15) is 0 Å². The van der Waals surface area contributed by atoms with Gasteiger partial charge in [0.1, 0.15) is 29.3 Å². The van der Waals surface area contributed by atoms with Crippen molar-refractivity contribution in [3.63, 3.8) is 0 Å². The number of likely N-dealkylation sites (N-methyl/N-ethyl adjacent to an activating group) is 1. The number of nitrogens with zero attached hydrogens (tertiary/aromatic N) is 8. The van der Waals surface area contributed by atoms with Crippen LogP contribution in [0, 0.1) is 25.1 Å². The normalized spacial score (nSPS) is 15.1. The smallest absolute Gasteiger partial charge is 0.237 e. The van der Waals surface area contributed by atoms with E-state index in [1.54, 1.807) is 29.7 Å². The zero-order valence-electron chi connectivity index (χ0n) is 46.9. The minimum atomic E-state index is -0.527. The molecule has 8 rings (SSSR count). The third-order valence-electron chi connectivity index (χ3n) is 13.1. The number of thiazole rings is 1. The second-order valence-electron chi connectivity index (χ2n) is 19.4. The van der Waals surface area contributed by atoms with E-state index in [1.807, 2.05) is 110 Å². The molecule has 2 unspecified atom stereocenters. The fraction of sp³-hybridized carbons (Fsp3) is 0.500. The van der Waals surface area contributed by atoms with Crippen molar-refractivity contribution in [2.24, 2.45) is 5.41 Å². The third-order valence-corrected chi connectivity index (χ3v) is 14.0. The van der Waals surface area contributed by atoms with Crippen molar-refractivity contribution < 1.29 is 33.0 Å². The maximum atomic E-state index is 15.6. The van der Waals surface area contributed by atoms with E-state index in [0.717, 1.165) is 73.3 Å². The van der Waals surface area contributed by atoms with Gasteiger partial charge >= 0.3 is 0 Å². The van der Waals surface area contributed by atoms with Crippen molar-refractivity contribution in [2.45, 2.75) is 100 Å². The maximum absolute atomic E-state index is 15.6. The zero-order valence-corrected chi connectivity index (χ0v) is 47.8. The van der Waals surface area contributed by atoms with E-state index < -0.39 is 6.04 Å². The molecule has 418 valence electrons. The number of benzene rings is 2. The van der Waals surface area contributed by atoms with E-state index in [2.05, 4.69) is 64.6 Å². The van der Waals surface area contributed by atoms with Crippen LogP contribution in [0.15, 0.2) is 78.4 Å². The lowest BCUT2D eigenvalue weighted by molar-refractivity contribution is -0.126. The highest BCUT2D eigenvalue weighted by atomic mass is 32.1. The number of hydrogen-bond acceptors (Lipinski definition) is 15. The van der Waals surface area contributed by atoms with Gasteiger partial charge in [0, 0.05) is 63.5 Å². The molecule has 2 atom stereocenters. The fourth-order valence-electron chi connectivity index (χ4n) is 8.75. The summed E-state index contributed by atoms with van der Waals surface area (Å²) in [5.41, 5.74) is 15.0. The molecule has 2 aliphatic heterocycles. The number of nitrogen functional groups attached to an aromatic ring is 1. The molecule has 77 heavy (non-hydrogen) atoms. The molecule has 19 heteroatoms. The Morgan fingerprint density at radius 3 is 2.14 bits per heavy atom. The summed E-state index contributed by atoms with van der Waals surface area (Å²) in [5.74, 6) is 0.770. The van der Waals surface area contributed by atoms with Crippen LogP contribution < -0.4 is 21.3 Å². The maximum Gasteiger partial charge on any atom is 0.237 e. The molecule has 2 aromatic carbocycles. The van der Waals surface area contributed by atoms with Crippen molar-refractivity contribution in [1.29, 1.82) is 0 Å². The van der Waals surface area contributed by atoms with Crippen LogP contribution in [0.2, 0.25) is 0 Å². The summed E-state index contributed by atoms with van der Waals surface area (Å²) >= 11 is 1.66. The Hall–Kier alpha value is -6.22. The fourth-order valence-corrected chi connectivity index (χ4v) is 9.57.